The number of piperidine rings is 1. The van der Waals surface area contributed by atoms with Crippen LogP contribution in [-0.4, -0.2) is 48.3 Å². The first-order valence-corrected chi connectivity index (χ1v) is 10.6. The molecule has 0 unspecified atom stereocenters. The number of methoxy groups -OCH3 is 1. The van der Waals surface area contributed by atoms with E-state index in [1.54, 1.807) is 12.1 Å². The van der Waals surface area contributed by atoms with Crippen molar-refractivity contribution in [1.82, 2.24) is 9.91 Å². The van der Waals surface area contributed by atoms with Crippen LogP contribution in [0.5, 0.6) is 5.75 Å². The van der Waals surface area contributed by atoms with E-state index in [0.717, 1.165) is 48.6 Å². The van der Waals surface area contributed by atoms with Gasteiger partial charge in [-0.05, 0) is 61.3 Å². The lowest BCUT2D eigenvalue weighted by Crippen LogP contribution is -2.35. The van der Waals surface area contributed by atoms with Gasteiger partial charge in [-0.25, -0.2) is 5.01 Å². The average Bonchev–Trinajstić information content (AvgIpc) is 3.24. The van der Waals surface area contributed by atoms with Crippen LogP contribution in [0.3, 0.4) is 0 Å². The van der Waals surface area contributed by atoms with Crippen molar-refractivity contribution in [3.63, 3.8) is 0 Å². The summed E-state index contributed by atoms with van der Waals surface area (Å²) in [5.74, 6) is 0.925. The minimum atomic E-state index is -0.0397. The van der Waals surface area contributed by atoms with Crippen molar-refractivity contribution in [3.8, 4) is 5.75 Å². The van der Waals surface area contributed by atoms with E-state index in [1.165, 1.54) is 19.3 Å². The zero-order chi connectivity index (χ0) is 20.1. The van der Waals surface area contributed by atoms with E-state index >= 15 is 0 Å². The Kier molecular flexibility index (Phi) is 6.25. The van der Waals surface area contributed by atoms with Crippen LogP contribution in [0.15, 0.2) is 59.7 Å². The maximum absolute atomic E-state index is 13.1. The zero-order valence-electron chi connectivity index (χ0n) is 17.1. The third-order valence-electron chi connectivity index (χ3n) is 5.86. The lowest BCUT2D eigenvalue weighted by atomic mass is 9.98. The summed E-state index contributed by atoms with van der Waals surface area (Å²) in [6.45, 7) is 3.04. The Balaban J connectivity index is 1.52. The summed E-state index contributed by atoms with van der Waals surface area (Å²) in [5, 5.41) is 6.50. The van der Waals surface area contributed by atoms with Gasteiger partial charge in [0.15, 0.2) is 0 Å². The molecule has 5 nitrogen and oxygen atoms in total. The molecule has 4 rings (SSSR count). The van der Waals surface area contributed by atoms with Gasteiger partial charge in [0, 0.05) is 19.4 Å². The van der Waals surface area contributed by atoms with Crippen LogP contribution in [0.25, 0.3) is 0 Å². The Morgan fingerprint density at radius 3 is 2.45 bits per heavy atom. The Labute approximate surface area is 173 Å². The van der Waals surface area contributed by atoms with Crippen molar-refractivity contribution in [2.45, 2.75) is 38.1 Å². The molecule has 2 aliphatic heterocycles. The highest BCUT2D eigenvalue weighted by Gasteiger charge is 2.33. The molecule has 1 fully saturated rings. The Morgan fingerprint density at radius 1 is 1.03 bits per heavy atom. The molecule has 0 spiro atoms. The predicted molar refractivity (Wildman–Crippen MR) is 115 cm³/mol. The van der Waals surface area contributed by atoms with E-state index in [2.05, 4.69) is 17.0 Å². The first-order chi connectivity index (χ1) is 14.2. The highest BCUT2D eigenvalue weighted by atomic mass is 16.5. The van der Waals surface area contributed by atoms with Crippen LogP contribution >= 0.6 is 0 Å². The molecule has 0 bridgehead atoms. The second-order valence-electron chi connectivity index (χ2n) is 7.80. The Bertz CT molecular complexity index is 842. The molecular weight excluding hydrogens is 362 g/mol. The maximum atomic E-state index is 13.1. The number of benzene rings is 2. The van der Waals surface area contributed by atoms with Gasteiger partial charge in [-0.15, -0.1) is 0 Å². The second-order valence-corrected chi connectivity index (χ2v) is 7.80. The third-order valence-corrected chi connectivity index (χ3v) is 5.86. The van der Waals surface area contributed by atoms with Crippen LogP contribution in [0, 0.1) is 0 Å². The van der Waals surface area contributed by atoms with Crippen LogP contribution in [0.4, 0.5) is 0 Å². The van der Waals surface area contributed by atoms with Crippen molar-refractivity contribution >= 4 is 11.6 Å². The summed E-state index contributed by atoms with van der Waals surface area (Å²) in [4.78, 5) is 15.5. The molecule has 2 aromatic carbocycles. The molecular formula is C24H29N3O2. The lowest BCUT2D eigenvalue weighted by Gasteiger charge is -2.27. The van der Waals surface area contributed by atoms with E-state index in [1.807, 2.05) is 42.5 Å². The van der Waals surface area contributed by atoms with E-state index < -0.39 is 0 Å². The molecule has 1 saturated heterocycles. The Hall–Kier alpha value is -2.66. The van der Waals surface area contributed by atoms with Gasteiger partial charge in [0.2, 0.25) is 5.91 Å². The molecule has 1 atom stereocenters. The summed E-state index contributed by atoms with van der Waals surface area (Å²) >= 11 is 0. The maximum Gasteiger partial charge on any atom is 0.244 e. The van der Waals surface area contributed by atoms with Crippen molar-refractivity contribution in [2.75, 3.05) is 26.7 Å². The highest BCUT2D eigenvalue weighted by Crippen LogP contribution is 2.33. The smallest absolute Gasteiger partial charge is 0.244 e. The summed E-state index contributed by atoms with van der Waals surface area (Å²) < 4.78 is 5.26. The molecule has 0 saturated carbocycles. The molecule has 2 heterocycles. The SMILES string of the molecule is COc1ccc(C2=NN(C(=O)CCN3CCCCC3)[C@@H](c3ccccc3)C2)cc1. The van der Waals surface area contributed by atoms with E-state index in [-0.39, 0.29) is 11.9 Å². The van der Waals surface area contributed by atoms with E-state index in [4.69, 9.17) is 9.84 Å². The van der Waals surface area contributed by atoms with Gasteiger partial charge in [0.05, 0.1) is 18.9 Å². The van der Waals surface area contributed by atoms with E-state index in [9.17, 15) is 4.79 Å². The quantitative estimate of drug-likeness (QED) is 0.740. The van der Waals surface area contributed by atoms with Gasteiger partial charge < -0.3 is 9.64 Å². The number of amides is 1. The fraction of sp³-hybridized carbons (Fsp3) is 0.417. The molecule has 2 aromatic rings. The molecule has 29 heavy (non-hydrogen) atoms. The number of hydrogen-bond acceptors (Lipinski definition) is 4. The van der Waals surface area contributed by atoms with Crippen molar-refractivity contribution in [1.29, 1.82) is 0 Å². The van der Waals surface area contributed by atoms with Gasteiger partial charge in [-0.2, -0.15) is 5.10 Å². The minimum Gasteiger partial charge on any atom is -0.497 e. The number of rotatable bonds is 6. The number of carbonyl (C=O) groups excluding carboxylic acids is 1. The summed E-state index contributed by atoms with van der Waals surface area (Å²) in [6, 6.07) is 18.1. The van der Waals surface area contributed by atoms with Crippen molar-refractivity contribution < 1.29 is 9.53 Å². The third kappa shape index (κ3) is 4.67. The first-order valence-electron chi connectivity index (χ1n) is 10.6. The van der Waals surface area contributed by atoms with Gasteiger partial charge >= 0.3 is 0 Å². The molecule has 2 aliphatic rings. The fourth-order valence-corrected chi connectivity index (χ4v) is 4.18. The van der Waals surface area contributed by atoms with Crippen LogP contribution < -0.4 is 4.74 Å². The van der Waals surface area contributed by atoms with Gasteiger partial charge in [-0.3, -0.25) is 4.79 Å². The number of ether oxygens (including phenoxy) is 1. The first kappa shape index (κ1) is 19.6. The predicted octanol–water partition coefficient (Wildman–Crippen LogP) is 4.25. The molecule has 0 aliphatic carbocycles. The standard InChI is InChI=1S/C24H29N3O2/c1-29-21-12-10-19(11-13-21)22-18-23(20-8-4-2-5-9-20)27(25-22)24(28)14-17-26-15-6-3-7-16-26/h2,4-5,8-13,23H,3,6-7,14-18H2,1H3/t23-/m1/s1. The fourth-order valence-electron chi connectivity index (χ4n) is 4.18. The molecule has 0 aromatic heterocycles. The molecule has 0 radical (unpaired) electrons. The van der Waals surface area contributed by atoms with Crippen LogP contribution in [-0.2, 0) is 4.79 Å². The monoisotopic (exact) mass is 391 g/mol. The summed E-state index contributed by atoms with van der Waals surface area (Å²) in [6.07, 6.45) is 5.03. The van der Waals surface area contributed by atoms with Gasteiger partial charge in [0.1, 0.15) is 5.75 Å². The summed E-state index contributed by atoms with van der Waals surface area (Å²) in [7, 11) is 1.66. The molecule has 1 amide bonds. The number of hydrogen-bond donors (Lipinski definition) is 0. The van der Waals surface area contributed by atoms with Gasteiger partial charge in [0.25, 0.3) is 0 Å². The highest BCUT2D eigenvalue weighted by molar-refractivity contribution is 6.03. The second kappa shape index (κ2) is 9.23. The molecule has 152 valence electrons. The van der Waals surface area contributed by atoms with Crippen molar-refractivity contribution in [2.24, 2.45) is 5.10 Å². The largest absolute Gasteiger partial charge is 0.497 e. The number of likely N-dealkylation sites (tertiary alicyclic amines) is 1. The normalized spacial score (nSPS) is 19.8. The lowest BCUT2D eigenvalue weighted by molar-refractivity contribution is -0.133. The van der Waals surface area contributed by atoms with Gasteiger partial charge in [-0.1, -0.05) is 36.8 Å². The number of carbonyl (C=O) groups is 1. The zero-order valence-corrected chi connectivity index (χ0v) is 17.1. The molecule has 0 N–H and O–H groups in total. The van der Waals surface area contributed by atoms with E-state index in [0.29, 0.717) is 6.42 Å². The number of hydrazone groups is 1. The summed E-state index contributed by atoms with van der Waals surface area (Å²) in [5.41, 5.74) is 3.12. The van der Waals surface area contributed by atoms with Crippen molar-refractivity contribution in [3.05, 3.63) is 65.7 Å². The average molecular weight is 392 g/mol. The number of nitrogens with zero attached hydrogens (tertiary/aromatic N) is 3. The molecule has 5 heteroatoms. The van der Waals surface area contributed by atoms with Crippen LogP contribution in [0.1, 0.15) is 49.3 Å². The van der Waals surface area contributed by atoms with Crippen LogP contribution in [0.2, 0.25) is 0 Å². The topological polar surface area (TPSA) is 45.1 Å². The Morgan fingerprint density at radius 2 is 1.76 bits per heavy atom. The minimum absolute atomic E-state index is 0.0397.